The molecule has 0 amide bonds. The van der Waals surface area contributed by atoms with Crippen LogP contribution in [0.3, 0.4) is 0 Å². The minimum Gasteiger partial charge on any atom is -0.0890 e. The lowest BCUT2D eigenvalue weighted by Crippen LogP contribution is -2.02. The van der Waals surface area contributed by atoms with Crippen LogP contribution in [0.2, 0.25) is 0 Å². The van der Waals surface area contributed by atoms with Crippen LogP contribution in [0.15, 0.2) is 28.7 Å². The maximum Gasteiger partial charge on any atom is 0.0213 e. The van der Waals surface area contributed by atoms with Crippen molar-refractivity contribution in [3.8, 4) is 0 Å². The molecule has 0 aliphatic heterocycles. The van der Waals surface area contributed by atoms with Gasteiger partial charge in [0, 0.05) is 15.3 Å². The number of rotatable bonds is 1. The summed E-state index contributed by atoms with van der Waals surface area (Å²) in [6, 6.07) is 8.40. The van der Waals surface area contributed by atoms with Crippen molar-refractivity contribution in [3.05, 3.63) is 34.3 Å². The standard InChI is InChI=1S/C11H11BrS/c12-10-6-2-1-4-8(10)9-5-3-7-11(9)13/h1-2,4,6,9H,3,5,7H2. The zero-order valence-electron chi connectivity index (χ0n) is 7.29. The van der Waals surface area contributed by atoms with Gasteiger partial charge in [-0.05, 0) is 30.9 Å². The molecule has 0 N–H and O–H groups in total. The Bertz CT molecular complexity index is 333. The normalized spacial score (nSPS) is 22.2. The minimum absolute atomic E-state index is 0.519. The maximum absolute atomic E-state index is 5.36. The van der Waals surface area contributed by atoms with E-state index in [4.69, 9.17) is 12.2 Å². The predicted molar refractivity (Wildman–Crippen MR) is 63.3 cm³/mol. The molecule has 0 aromatic heterocycles. The van der Waals surface area contributed by atoms with Gasteiger partial charge in [-0.25, -0.2) is 0 Å². The Labute approximate surface area is 92.5 Å². The highest BCUT2D eigenvalue weighted by molar-refractivity contribution is 9.10. The molecule has 1 aromatic rings. The second-order valence-corrected chi connectivity index (χ2v) is 4.81. The summed E-state index contributed by atoms with van der Waals surface area (Å²) in [5.41, 5.74) is 1.37. The van der Waals surface area contributed by atoms with E-state index in [9.17, 15) is 0 Å². The molecule has 1 atom stereocenters. The summed E-state index contributed by atoms with van der Waals surface area (Å²) in [5.74, 6) is 0.519. The largest absolute Gasteiger partial charge is 0.0890 e. The molecule has 0 radical (unpaired) electrons. The molecule has 1 aliphatic rings. The molecular formula is C11H11BrS. The first kappa shape index (κ1) is 9.35. The van der Waals surface area contributed by atoms with Gasteiger partial charge in [0.15, 0.2) is 0 Å². The molecule has 0 saturated heterocycles. The summed E-state index contributed by atoms with van der Waals surface area (Å²) in [4.78, 5) is 1.23. The maximum atomic E-state index is 5.36. The van der Waals surface area contributed by atoms with E-state index in [1.165, 1.54) is 27.7 Å². The summed E-state index contributed by atoms with van der Waals surface area (Å²) in [5, 5.41) is 0. The van der Waals surface area contributed by atoms with Crippen LogP contribution in [0.5, 0.6) is 0 Å². The highest BCUT2D eigenvalue weighted by atomic mass is 79.9. The van der Waals surface area contributed by atoms with Crippen LogP contribution in [-0.4, -0.2) is 4.86 Å². The number of thiocarbonyl (C=S) groups is 1. The lowest BCUT2D eigenvalue weighted by molar-refractivity contribution is 0.805. The van der Waals surface area contributed by atoms with E-state index >= 15 is 0 Å². The van der Waals surface area contributed by atoms with E-state index < -0.39 is 0 Å². The van der Waals surface area contributed by atoms with Gasteiger partial charge in [0.1, 0.15) is 0 Å². The summed E-state index contributed by atoms with van der Waals surface area (Å²) in [6.45, 7) is 0. The van der Waals surface area contributed by atoms with Gasteiger partial charge in [-0.3, -0.25) is 0 Å². The average Bonchev–Trinajstić information content (AvgIpc) is 2.52. The average molecular weight is 255 g/mol. The predicted octanol–water partition coefficient (Wildman–Crippen LogP) is 4.09. The fraction of sp³-hybridized carbons (Fsp3) is 0.364. The van der Waals surface area contributed by atoms with Gasteiger partial charge in [-0.1, -0.05) is 46.3 Å². The molecule has 1 unspecified atom stereocenters. The Morgan fingerprint density at radius 2 is 2.08 bits per heavy atom. The number of hydrogen-bond acceptors (Lipinski definition) is 1. The first-order valence-electron chi connectivity index (χ1n) is 4.56. The van der Waals surface area contributed by atoms with Gasteiger partial charge in [0.05, 0.1) is 0 Å². The van der Waals surface area contributed by atoms with Crippen LogP contribution in [0.25, 0.3) is 0 Å². The van der Waals surface area contributed by atoms with Crippen LogP contribution >= 0.6 is 28.1 Å². The summed E-state index contributed by atoms with van der Waals surface area (Å²) >= 11 is 8.94. The third-order valence-electron chi connectivity index (χ3n) is 2.59. The second-order valence-electron chi connectivity index (χ2n) is 3.43. The molecule has 1 saturated carbocycles. The molecule has 0 nitrogen and oxygen atoms in total. The van der Waals surface area contributed by atoms with Crippen molar-refractivity contribution in [2.75, 3.05) is 0 Å². The van der Waals surface area contributed by atoms with Gasteiger partial charge in [-0.15, -0.1) is 0 Å². The molecule has 13 heavy (non-hydrogen) atoms. The van der Waals surface area contributed by atoms with E-state index in [1.807, 2.05) is 6.07 Å². The lowest BCUT2D eigenvalue weighted by atomic mass is 9.98. The Balaban J connectivity index is 2.34. The van der Waals surface area contributed by atoms with Crippen LogP contribution in [0.4, 0.5) is 0 Å². The van der Waals surface area contributed by atoms with Gasteiger partial charge in [0.2, 0.25) is 0 Å². The Morgan fingerprint density at radius 1 is 1.31 bits per heavy atom. The highest BCUT2D eigenvalue weighted by Gasteiger charge is 2.23. The summed E-state index contributed by atoms with van der Waals surface area (Å²) < 4.78 is 1.20. The SMILES string of the molecule is S=C1CCCC1c1ccccc1Br. The third-order valence-corrected chi connectivity index (χ3v) is 3.80. The zero-order chi connectivity index (χ0) is 9.26. The summed E-state index contributed by atoms with van der Waals surface area (Å²) in [7, 11) is 0. The topological polar surface area (TPSA) is 0 Å². The van der Waals surface area contributed by atoms with Crippen molar-refractivity contribution >= 4 is 33.0 Å². The Kier molecular flexibility index (Phi) is 2.80. The molecule has 2 heteroatoms. The minimum atomic E-state index is 0.519. The van der Waals surface area contributed by atoms with E-state index in [-0.39, 0.29) is 0 Å². The van der Waals surface area contributed by atoms with Gasteiger partial charge >= 0.3 is 0 Å². The van der Waals surface area contributed by atoms with Crippen LogP contribution in [0.1, 0.15) is 30.7 Å². The monoisotopic (exact) mass is 254 g/mol. The van der Waals surface area contributed by atoms with E-state index in [2.05, 4.69) is 34.1 Å². The van der Waals surface area contributed by atoms with Gasteiger partial charge in [-0.2, -0.15) is 0 Å². The zero-order valence-corrected chi connectivity index (χ0v) is 9.70. The first-order chi connectivity index (χ1) is 6.29. The van der Waals surface area contributed by atoms with Crippen molar-refractivity contribution in [2.45, 2.75) is 25.2 Å². The lowest BCUT2D eigenvalue weighted by Gasteiger charge is -2.11. The summed E-state index contributed by atoms with van der Waals surface area (Å²) in [6.07, 6.45) is 3.60. The molecule has 0 spiro atoms. The number of benzene rings is 1. The van der Waals surface area contributed by atoms with E-state index in [0.29, 0.717) is 5.92 Å². The van der Waals surface area contributed by atoms with Crippen LogP contribution in [0, 0.1) is 0 Å². The van der Waals surface area contributed by atoms with Crippen molar-refractivity contribution in [1.29, 1.82) is 0 Å². The Morgan fingerprint density at radius 3 is 2.69 bits per heavy atom. The van der Waals surface area contributed by atoms with Crippen molar-refractivity contribution in [1.82, 2.24) is 0 Å². The molecule has 1 fully saturated rings. The molecule has 0 heterocycles. The fourth-order valence-corrected chi connectivity index (χ4v) is 2.85. The molecule has 2 rings (SSSR count). The second kappa shape index (κ2) is 3.89. The van der Waals surface area contributed by atoms with Crippen LogP contribution < -0.4 is 0 Å². The van der Waals surface area contributed by atoms with Crippen molar-refractivity contribution in [2.24, 2.45) is 0 Å². The molecule has 1 aromatic carbocycles. The fourth-order valence-electron chi connectivity index (χ4n) is 1.90. The third kappa shape index (κ3) is 1.84. The molecular weight excluding hydrogens is 244 g/mol. The quantitative estimate of drug-likeness (QED) is 0.681. The van der Waals surface area contributed by atoms with Gasteiger partial charge in [0.25, 0.3) is 0 Å². The Hall–Kier alpha value is -0.210. The molecule has 0 bridgehead atoms. The van der Waals surface area contributed by atoms with E-state index in [1.54, 1.807) is 0 Å². The van der Waals surface area contributed by atoms with Crippen molar-refractivity contribution in [3.63, 3.8) is 0 Å². The number of halogens is 1. The molecule has 68 valence electrons. The first-order valence-corrected chi connectivity index (χ1v) is 5.76. The van der Waals surface area contributed by atoms with E-state index in [0.717, 1.165) is 6.42 Å². The molecule has 1 aliphatic carbocycles. The number of hydrogen-bond donors (Lipinski definition) is 0. The smallest absolute Gasteiger partial charge is 0.0213 e. The van der Waals surface area contributed by atoms with Crippen LogP contribution in [-0.2, 0) is 0 Å². The van der Waals surface area contributed by atoms with Gasteiger partial charge < -0.3 is 0 Å². The van der Waals surface area contributed by atoms with Crippen molar-refractivity contribution < 1.29 is 0 Å². The highest BCUT2D eigenvalue weighted by Crippen LogP contribution is 2.35.